The second kappa shape index (κ2) is 12.0. The third kappa shape index (κ3) is 6.68. The Morgan fingerprint density at radius 1 is 1.16 bits per heavy atom. The summed E-state index contributed by atoms with van der Waals surface area (Å²) >= 11 is 12.4. The molecule has 0 bridgehead atoms. The number of hydrogen-bond acceptors (Lipinski definition) is 5. The van der Waals surface area contributed by atoms with E-state index in [1.165, 1.54) is 0 Å². The zero-order chi connectivity index (χ0) is 23.7. The van der Waals surface area contributed by atoms with Gasteiger partial charge in [0.25, 0.3) is 12.4 Å². The van der Waals surface area contributed by atoms with Crippen LogP contribution in [0, 0.1) is 13.8 Å². The van der Waals surface area contributed by atoms with Crippen molar-refractivity contribution in [2.24, 2.45) is 5.73 Å². The number of carbonyl (C=O) groups excluding carboxylic acids is 1. The predicted octanol–water partition coefficient (Wildman–Crippen LogP) is 4.96. The Bertz CT molecular complexity index is 1080. The van der Waals surface area contributed by atoms with Gasteiger partial charge in [0, 0.05) is 34.0 Å². The predicted molar refractivity (Wildman–Crippen MR) is 127 cm³/mol. The topological polar surface area (TPSA) is 115 Å². The van der Waals surface area contributed by atoms with Crippen LogP contribution in [0.2, 0.25) is 10.0 Å². The van der Waals surface area contributed by atoms with Crippen LogP contribution >= 0.6 is 23.2 Å². The molecule has 0 spiro atoms. The third-order valence-electron chi connectivity index (χ3n) is 4.36. The molecule has 3 aromatic rings. The van der Waals surface area contributed by atoms with Gasteiger partial charge in [0.05, 0.1) is 0 Å². The van der Waals surface area contributed by atoms with Crippen LogP contribution in [0.3, 0.4) is 0 Å². The van der Waals surface area contributed by atoms with Gasteiger partial charge in [-0.2, -0.15) is 0 Å². The van der Waals surface area contributed by atoms with E-state index in [2.05, 4.69) is 10.3 Å². The van der Waals surface area contributed by atoms with E-state index in [1.54, 1.807) is 36.5 Å². The summed E-state index contributed by atoms with van der Waals surface area (Å²) in [4.78, 5) is 25.4. The number of nitrogens with two attached hydrogens (primary N) is 1. The molecule has 0 aliphatic heterocycles. The zero-order valence-electron chi connectivity index (χ0n) is 17.6. The molecule has 0 radical (unpaired) electrons. The minimum absolute atomic E-state index is 0.250. The van der Waals surface area contributed by atoms with E-state index in [0.29, 0.717) is 23.2 Å². The van der Waals surface area contributed by atoms with Crippen molar-refractivity contribution in [2.45, 2.75) is 13.8 Å². The van der Waals surface area contributed by atoms with Gasteiger partial charge < -0.3 is 20.9 Å². The standard InChI is InChI=1S/C22H21Cl2N3O2.CH2O2/c1-13-9-17(29-8-6-25)10-14(2)21(13)27-22(28)20-11-15(5-7-26-20)18-12-16(23)3-4-19(18)24;2-1-3/h3-5,7,9-12H,6,8,25H2,1-2H3,(H,27,28);1H,(H,2,3). The maximum absolute atomic E-state index is 12.8. The van der Waals surface area contributed by atoms with Crippen molar-refractivity contribution in [2.75, 3.05) is 18.5 Å². The highest BCUT2D eigenvalue weighted by molar-refractivity contribution is 6.35. The van der Waals surface area contributed by atoms with Crippen molar-refractivity contribution in [1.29, 1.82) is 0 Å². The number of nitrogens with zero attached hydrogens (tertiary/aromatic N) is 1. The first-order chi connectivity index (χ1) is 15.3. The lowest BCUT2D eigenvalue weighted by Gasteiger charge is -2.14. The quantitative estimate of drug-likeness (QED) is 0.433. The number of ether oxygens (including phenoxy) is 1. The number of amides is 1. The van der Waals surface area contributed by atoms with E-state index in [1.807, 2.05) is 26.0 Å². The number of hydrogen-bond donors (Lipinski definition) is 3. The number of rotatable bonds is 6. The van der Waals surface area contributed by atoms with Crippen molar-refractivity contribution >= 4 is 41.3 Å². The minimum Gasteiger partial charge on any atom is -0.492 e. The number of carbonyl (C=O) groups is 2. The normalized spacial score (nSPS) is 10.0. The second-order valence-corrected chi connectivity index (χ2v) is 7.53. The molecular weight excluding hydrogens is 453 g/mol. The van der Waals surface area contributed by atoms with Crippen LogP contribution < -0.4 is 15.8 Å². The van der Waals surface area contributed by atoms with Crippen molar-refractivity contribution in [3.05, 3.63) is 75.5 Å². The van der Waals surface area contributed by atoms with Gasteiger partial charge in [-0.25, -0.2) is 0 Å². The van der Waals surface area contributed by atoms with Crippen LogP contribution in [-0.2, 0) is 4.79 Å². The molecule has 1 amide bonds. The first-order valence-corrected chi connectivity index (χ1v) is 10.3. The van der Waals surface area contributed by atoms with Crippen LogP contribution in [0.5, 0.6) is 5.75 Å². The van der Waals surface area contributed by atoms with Gasteiger partial charge in [-0.05, 0) is 73.0 Å². The maximum Gasteiger partial charge on any atom is 0.290 e. The average molecular weight is 476 g/mol. The van der Waals surface area contributed by atoms with E-state index in [0.717, 1.165) is 33.7 Å². The Balaban J connectivity index is 0.00000114. The van der Waals surface area contributed by atoms with Gasteiger partial charge in [0.15, 0.2) is 0 Å². The summed E-state index contributed by atoms with van der Waals surface area (Å²) in [5.74, 6) is 0.408. The average Bonchev–Trinajstić information content (AvgIpc) is 2.77. The molecule has 0 fully saturated rings. The fourth-order valence-corrected chi connectivity index (χ4v) is 3.40. The fourth-order valence-electron chi connectivity index (χ4n) is 3.00. The molecule has 9 heteroatoms. The maximum atomic E-state index is 12.8. The number of benzene rings is 2. The Kier molecular flexibility index (Phi) is 9.46. The molecule has 0 atom stereocenters. The molecule has 0 aliphatic carbocycles. The fraction of sp³-hybridized carbons (Fsp3) is 0.174. The highest BCUT2D eigenvalue weighted by Gasteiger charge is 2.14. The summed E-state index contributed by atoms with van der Waals surface area (Å²) < 4.78 is 5.57. The number of aromatic nitrogens is 1. The summed E-state index contributed by atoms with van der Waals surface area (Å²) in [5.41, 5.74) is 9.76. The number of aryl methyl sites for hydroxylation is 2. The molecular formula is C23H23Cl2N3O4. The monoisotopic (exact) mass is 475 g/mol. The number of pyridine rings is 1. The number of carboxylic acid groups (broad SMARTS) is 1. The molecule has 7 nitrogen and oxygen atoms in total. The molecule has 3 rings (SSSR count). The van der Waals surface area contributed by atoms with Crippen LogP contribution in [0.15, 0.2) is 48.7 Å². The van der Waals surface area contributed by atoms with Gasteiger partial charge in [0.2, 0.25) is 0 Å². The van der Waals surface area contributed by atoms with Crippen LogP contribution in [0.25, 0.3) is 11.1 Å². The Hall–Kier alpha value is -3.13. The summed E-state index contributed by atoms with van der Waals surface area (Å²) in [6, 6.07) is 12.4. The lowest BCUT2D eigenvalue weighted by Crippen LogP contribution is -2.16. The van der Waals surface area contributed by atoms with Gasteiger partial charge in [-0.15, -0.1) is 0 Å². The van der Waals surface area contributed by atoms with Crippen molar-refractivity contribution < 1.29 is 19.4 Å². The highest BCUT2D eigenvalue weighted by atomic mass is 35.5. The molecule has 1 heterocycles. The van der Waals surface area contributed by atoms with E-state index >= 15 is 0 Å². The number of halogens is 2. The zero-order valence-corrected chi connectivity index (χ0v) is 19.1. The SMILES string of the molecule is Cc1cc(OCCN)cc(C)c1NC(=O)c1cc(-c2cc(Cl)ccc2Cl)ccn1.O=CO. The van der Waals surface area contributed by atoms with E-state index < -0.39 is 0 Å². The van der Waals surface area contributed by atoms with Crippen LogP contribution in [-0.4, -0.2) is 35.6 Å². The molecule has 0 saturated carbocycles. The van der Waals surface area contributed by atoms with Crippen molar-refractivity contribution in [1.82, 2.24) is 4.98 Å². The van der Waals surface area contributed by atoms with E-state index in [4.69, 9.17) is 43.6 Å². The van der Waals surface area contributed by atoms with Gasteiger partial charge in [0.1, 0.15) is 18.1 Å². The summed E-state index contributed by atoms with van der Waals surface area (Å²) in [6.07, 6.45) is 1.57. The van der Waals surface area contributed by atoms with Crippen LogP contribution in [0.4, 0.5) is 5.69 Å². The molecule has 2 aromatic carbocycles. The largest absolute Gasteiger partial charge is 0.492 e. The van der Waals surface area contributed by atoms with Gasteiger partial charge >= 0.3 is 0 Å². The van der Waals surface area contributed by atoms with Gasteiger partial charge in [-0.1, -0.05) is 23.2 Å². The van der Waals surface area contributed by atoms with Crippen molar-refractivity contribution in [3.8, 4) is 16.9 Å². The third-order valence-corrected chi connectivity index (χ3v) is 4.93. The molecule has 0 aliphatic rings. The molecule has 32 heavy (non-hydrogen) atoms. The molecule has 4 N–H and O–H groups in total. The first-order valence-electron chi connectivity index (χ1n) is 9.55. The van der Waals surface area contributed by atoms with E-state index in [9.17, 15) is 4.79 Å². The minimum atomic E-state index is -0.313. The summed E-state index contributed by atoms with van der Waals surface area (Å²) in [6.45, 7) is 4.45. The van der Waals surface area contributed by atoms with E-state index in [-0.39, 0.29) is 18.1 Å². The summed E-state index contributed by atoms with van der Waals surface area (Å²) in [7, 11) is 0. The molecule has 0 saturated heterocycles. The first kappa shape index (κ1) is 25.1. The number of nitrogens with one attached hydrogen (secondary N) is 1. The second-order valence-electron chi connectivity index (χ2n) is 6.68. The smallest absolute Gasteiger partial charge is 0.290 e. The Morgan fingerprint density at radius 3 is 2.44 bits per heavy atom. The molecule has 1 aromatic heterocycles. The van der Waals surface area contributed by atoms with Gasteiger partial charge in [-0.3, -0.25) is 14.6 Å². The summed E-state index contributed by atoms with van der Waals surface area (Å²) in [5, 5.41) is 10.9. The van der Waals surface area contributed by atoms with Crippen molar-refractivity contribution in [3.63, 3.8) is 0 Å². The number of anilines is 1. The lowest BCUT2D eigenvalue weighted by atomic mass is 10.1. The van der Waals surface area contributed by atoms with Crippen LogP contribution in [0.1, 0.15) is 21.6 Å². The Morgan fingerprint density at radius 2 is 1.81 bits per heavy atom. The molecule has 0 unspecified atom stereocenters. The Labute approximate surface area is 196 Å². The highest BCUT2D eigenvalue weighted by Crippen LogP contribution is 2.31. The lowest BCUT2D eigenvalue weighted by molar-refractivity contribution is -0.122. The molecule has 168 valence electrons.